The maximum atomic E-state index is 3.54. The molecule has 0 saturated heterocycles. The highest BCUT2D eigenvalue weighted by atomic mass is 14.9. The van der Waals surface area contributed by atoms with Crippen molar-refractivity contribution in [1.82, 2.24) is 0 Å². The van der Waals surface area contributed by atoms with Crippen LogP contribution in [0.25, 0.3) is 17.2 Å². The maximum absolute atomic E-state index is 3.54. The summed E-state index contributed by atoms with van der Waals surface area (Å²) in [7, 11) is 0. The van der Waals surface area contributed by atoms with Gasteiger partial charge in [-0.1, -0.05) is 78.9 Å². The Kier molecular flexibility index (Phi) is 5.25. The average molecular weight is 364 g/mol. The summed E-state index contributed by atoms with van der Waals surface area (Å²) >= 11 is 0. The van der Waals surface area contributed by atoms with Crippen molar-refractivity contribution in [2.75, 3.05) is 5.32 Å². The van der Waals surface area contributed by atoms with Gasteiger partial charge in [-0.25, -0.2) is 0 Å². The summed E-state index contributed by atoms with van der Waals surface area (Å²) in [6, 6.07) is 25.7. The van der Waals surface area contributed by atoms with E-state index in [-0.39, 0.29) is 0 Å². The molecule has 3 aromatic rings. The van der Waals surface area contributed by atoms with Crippen LogP contribution in [0.1, 0.15) is 30.9 Å². The van der Waals surface area contributed by atoms with Gasteiger partial charge < -0.3 is 5.32 Å². The Hall–Kier alpha value is -3.32. The third-order valence-electron chi connectivity index (χ3n) is 5.13. The minimum absolute atomic E-state index is 0.357. The molecule has 3 aromatic carbocycles. The first-order chi connectivity index (χ1) is 13.8. The lowest BCUT2D eigenvalue weighted by atomic mass is 9.95. The summed E-state index contributed by atoms with van der Waals surface area (Å²) in [4.78, 5) is 0. The van der Waals surface area contributed by atoms with Gasteiger partial charge in [0.15, 0.2) is 0 Å². The van der Waals surface area contributed by atoms with E-state index in [2.05, 4.69) is 116 Å². The summed E-state index contributed by atoms with van der Waals surface area (Å²) in [5, 5.41) is 3.54. The standard InChI is InChI=1S/C27H25N/c1-3-8-22-18-23-19-25(16-17-27(23)26(22)9-4-2)28-24-14-12-21(13-15-24)20-10-6-5-7-11-20/h3-19,26,28H,1-2H3/b8-3-,9-4?. The molecular formula is C27H25N. The van der Waals surface area contributed by atoms with Crippen LogP contribution in [0.3, 0.4) is 0 Å². The molecule has 1 heteroatoms. The second-order valence-electron chi connectivity index (χ2n) is 7.06. The highest BCUT2D eigenvalue weighted by Crippen LogP contribution is 2.39. The van der Waals surface area contributed by atoms with Crippen LogP contribution >= 0.6 is 0 Å². The van der Waals surface area contributed by atoms with Crippen LogP contribution < -0.4 is 5.32 Å². The number of fused-ring (bicyclic) bond motifs is 1. The van der Waals surface area contributed by atoms with Gasteiger partial charge in [0.2, 0.25) is 0 Å². The van der Waals surface area contributed by atoms with Crippen LogP contribution in [0.4, 0.5) is 11.4 Å². The van der Waals surface area contributed by atoms with Gasteiger partial charge in [0.1, 0.15) is 0 Å². The summed E-state index contributed by atoms with van der Waals surface area (Å²) in [5.74, 6) is 0.357. The summed E-state index contributed by atoms with van der Waals surface area (Å²) < 4.78 is 0. The summed E-state index contributed by atoms with van der Waals surface area (Å²) in [5.41, 5.74) is 8.69. The molecule has 4 rings (SSSR count). The monoisotopic (exact) mass is 363 g/mol. The SMILES string of the molecule is CC=CC1C(/C=C\C)=Cc2cc(Nc3ccc(-c4ccccc4)cc3)ccc21. The molecule has 0 heterocycles. The number of nitrogens with one attached hydrogen (secondary N) is 1. The van der Waals surface area contributed by atoms with E-state index in [1.807, 2.05) is 6.07 Å². The van der Waals surface area contributed by atoms with E-state index in [1.165, 1.54) is 27.8 Å². The lowest BCUT2D eigenvalue weighted by molar-refractivity contribution is 1.06. The third kappa shape index (κ3) is 3.70. The summed E-state index contributed by atoms with van der Waals surface area (Å²) in [6.45, 7) is 4.16. The second kappa shape index (κ2) is 8.14. The molecule has 0 aromatic heterocycles. The highest BCUT2D eigenvalue weighted by molar-refractivity contribution is 5.75. The number of hydrogen-bond acceptors (Lipinski definition) is 1. The normalized spacial score (nSPS) is 15.8. The molecule has 1 aliphatic rings. The van der Waals surface area contributed by atoms with E-state index in [9.17, 15) is 0 Å². The zero-order valence-corrected chi connectivity index (χ0v) is 16.4. The largest absolute Gasteiger partial charge is 0.356 e. The molecule has 0 aliphatic heterocycles. The van der Waals surface area contributed by atoms with Crippen molar-refractivity contribution >= 4 is 17.5 Å². The smallest absolute Gasteiger partial charge is 0.0390 e. The fourth-order valence-electron chi connectivity index (χ4n) is 3.80. The number of rotatable bonds is 5. The Labute approximate surface area is 167 Å². The lowest BCUT2D eigenvalue weighted by Crippen LogP contribution is -1.95. The van der Waals surface area contributed by atoms with Gasteiger partial charge in [0.05, 0.1) is 0 Å². The molecule has 0 radical (unpaired) electrons. The average Bonchev–Trinajstić information content (AvgIpc) is 3.06. The third-order valence-corrected chi connectivity index (χ3v) is 5.13. The topological polar surface area (TPSA) is 12.0 Å². The predicted molar refractivity (Wildman–Crippen MR) is 122 cm³/mol. The molecule has 1 unspecified atom stereocenters. The molecule has 0 fully saturated rings. The fourth-order valence-corrected chi connectivity index (χ4v) is 3.80. The Bertz CT molecular complexity index is 1040. The van der Waals surface area contributed by atoms with Gasteiger partial charge in [-0.05, 0) is 65.9 Å². The number of allylic oxidation sites excluding steroid dienone is 5. The first kappa shape index (κ1) is 18.1. The van der Waals surface area contributed by atoms with Gasteiger partial charge in [-0.3, -0.25) is 0 Å². The van der Waals surface area contributed by atoms with E-state index in [1.54, 1.807) is 0 Å². The minimum Gasteiger partial charge on any atom is -0.356 e. The van der Waals surface area contributed by atoms with Gasteiger partial charge in [0.25, 0.3) is 0 Å². The van der Waals surface area contributed by atoms with Crippen molar-refractivity contribution in [2.45, 2.75) is 19.8 Å². The van der Waals surface area contributed by atoms with Crippen molar-refractivity contribution in [3.63, 3.8) is 0 Å². The van der Waals surface area contributed by atoms with E-state index >= 15 is 0 Å². The van der Waals surface area contributed by atoms with Crippen molar-refractivity contribution < 1.29 is 0 Å². The van der Waals surface area contributed by atoms with Gasteiger partial charge in [-0.2, -0.15) is 0 Å². The molecule has 0 spiro atoms. The molecular weight excluding hydrogens is 338 g/mol. The number of anilines is 2. The van der Waals surface area contributed by atoms with E-state index in [4.69, 9.17) is 0 Å². The molecule has 0 bridgehead atoms. The fraction of sp³-hybridized carbons (Fsp3) is 0.111. The van der Waals surface area contributed by atoms with Crippen LogP contribution in [-0.4, -0.2) is 0 Å². The Balaban J connectivity index is 1.56. The van der Waals surface area contributed by atoms with Gasteiger partial charge >= 0.3 is 0 Å². The van der Waals surface area contributed by atoms with Gasteiger partial charge in [0, 0.05) is 17.3 Å². The molecule has 1 atom stereocenters. The predicted octanol–water partition coefficient (Wildman–Crippen LogP) is 7.73. The van der Waals surface area contributed by atoms with E-state index in [0.29, 0.717) is 5.92 Å². The van der Waals surface area contributed by atoms with Crippen molar-refractivity contribution in [3.8, 4) is 11.1 Å². The summed E-state index contributed by atoms with van der Waals surface area (Å²) in [6.07, 6.45) is 11.0. The molecule has 138 valence electrons. The molecule has 1 nitrogen and oxygen atoms in total. The van der Waals surface area contributed by atoms with Crippen LogP contribution in [0.5, 0.6) is 0 Å². The van der Waals surface area contributed by atoms with Crippen molar-refractivity contribution in [3.05, 3.63) is 114 Å². The first-order valence-electron chi connectivity index (χ1n) is 9.82. The quantitative estimate of drug-likeness (QED) is 0.457. The van der Waals surface area contributed by atoms with Crippen molar-refractivity contribution in [1.29, 1.82) is 0 Å². The van der Waals surface area contributed by atoms with Crippen LogP contribution in [-0.2, 0) is 0 Å². The van der Waals surface area contributed by atoms with Crippen LogP contribution in [0.2, 0.25) is 0 Å². The Morgan fingerprint density at radius 2 is 1.46 bits per heavy atom. The maximum Gasteiger partial charge on any atom is 0.0390 e. The zero-order chi connectivity index (χ0) is 19.3. The second-order valence-corrected chi connectivity index (χ2v) is 7.06. The molecule has 28 heavy (non-hydrogen) atoms. The highest BCUT2D eigenvalue weighted by Gasteiger charge is 2.21. The van der Waals surface area contributed by atoms with E-state index in [0.717, 1.165) is 11.4 Å². The minimum atomic E-state index is 0.357. The molecule has 1 N–H and O–H groups in total. The molecule has 0 amide bonds. The van der Waals surface area contributed by atoms with E-state index < -0.39 is 0 Å². The first-order valence-corrected chi connectivity index (χ1v) is 9.82. The molecule has 0 saturated carbocycles. The lowest BCUT2D eigenvalue weighted by Gasteiger charge is -2.12. The van der Waals surface area contributed by atoms with Crippen LogP contribution in [0, 0.1) is 0 Å². The van der Waals surface area contributed by atoms with Crippen LogP contribution in [0.15, 0.2) is 103 Å². The Morgan fingerprint density at radius 1 is 0.750 bits per heavy atom. The number of hydrogen-bond donors (Lipinski definition) is 1. The Morgan fingerprint density at radius 3 is 2.18 bits per heavy atom. The molecule has 1 aliphatic carbocycles. The zero-order valence-electron chi connectivity index (χ0n) is 16.4. The number of benzene rings is 3. The van der Waals surface area contributed by atoms with Gasteiger partial charge in [-0.15, -0.1) is 0 Å². The van der Waals surface area contributed by atoms with Crippen molar-refractivity contribution in [2.24, 2.45) is 0 Å².